The summed E-state index contributed by atoms with van der Waals surface area (Å²) >= 11 is 0. The third-order valence-corrected chi connectivity index (χ3v) is 2.19. The van der Waals surface area contributed by atoms with Crippen LogP contribution in [0.2, 0.25) is 0 Å². The first-order valence-corrected chi connectivity index (χ1v) is 4.73. The molecule has 1 aromatic heterocycles. The quantitative estimate of drug-likeness (QED) is 0.743. The molecule has 0 bridgehead atoms. The number of nitrogens with one attached hydrogen (secondary N) is 1. The van der Waals surface area contributed by atoms with Crippen LogP contribution in [0.3, 0.4) is 0 Å². The lowest BCUT2D eigenvalue weighted by Gasteiger charge is -2.25. The maximum absolute atomic E-state index is 4.88. The Morgan fingerprint density at radius 2 is 2.57 bits per heavy atom. The van der Waals surface area contributed by atoms with Gasteiger partial charge in [-0.3, -0.25) is 4.99 Å². The molecular formula is C9H14N4O. The van der Waals surface area contributed by atoms with Crippen LogP contribution in [0.15, 0.2) is 22.1 Å². The molecule has 0 aliphatic carbocycles. The van der Waals surface area contributed by atoms with Crippen molar-refractivity contribution in [3.63, 3.8) is 0 Å². The summed E-state index contributed by atoms with van der Waals surface area (Å²) in [5, 5.41) is 3.23. The molecule has 0 amide bonds. The molecule has 1 N–H and O–H groups in total. The van der Waals surface area contributed by atoms with Gasteiger partial charge in [0.25, 0.3) is 0 Å². The molecule has 0 saturated heterocycles. The third kappa shape index (κ3) is 2.04. The Morgan fingerprint density at radius 3 is 3.29 bits per heavy atom. The standard InChI is InChI=1S/C9H14N4O/c1-13-4-2-3-10-9(13)11-5-8-6-14-7-12-8/h6-7H,2-5H2,1H3,(H,10,11). The summed E-state index contributed by atoms with van der Waals surface area (Å²) in [5.74, 6) is 0.944. The van der Waals surface area contributed by atoms with Crippen molar-refractivity contribution in [2.24, 2.45) is 4.99 Å². The summed E-state index contributed by atoms with van der Waals surface area (Å²) in [6.07, 6.45) is 4.20. The van der Waals surface area contributed by atoms with Crippen LogP contribution in [0, 0.1) is 0 Å². The number of aliphatic imine (C=N–C) groups is 1. The number of aromatic nitrogens is 1. The topological polar surface area (TPSA) is 53.7 Å². The lowest BCUT2D eigenvalue weighted by atomic mass is 10.3. The molecule has 5 nitrogen and oxygen atoms in total. The first-order valence-electron chi connectivity index (χ1n) is 4.73. The summed E-state index contributed by atoms with van der Waals surface area (Å²) in [4.78, 5) is 10.5. The highest BCUT2D eigenvalue weighted by Crippen LogP contribution is 1.99. The molecule has 0 fully saturated rings. The molecule has 1 aromatic rings. The average Bonchev–Trinajstić information content (AvgIpc) is 2.69. The minimum absolute atomic E-state index is 0.666. The number of hydrogen-bond donors (Lipinski definition) is 1. The Labute approximate surface area is 82.8 Å². The second-order valence-corrected chi connectivity index (χ2v) is 3.31. The van der Waals surface area contributed by atoms with E-state index in [1.807, 2.05) is 7.05 Å². The zero-order chi connectivity index (χ0) is 9.80. The molecular weight excluding hydrogens is 180 g/mol. The van der Waals surface area contributed by atoms with Gasteiger partial charge in [-0.1, -0.05) is 0 Å². The molecule has 0 atom stereocenters. The van der Waals surface area contributed by atoms with E-state index in [0.717, 1.165) is 31.2 Å². The van der Waals surface area contributed by atoms with Gasteiger partial charge in [-0.2, -0.15) is 0 Å². The molecule has 14 heavy (non-hydrogen) atoms. The zero-order valence-electron chi connectivity index (χ0n) is 8.23. The van der Waals surface area contributed by atoms with Gasteiger partial charge in [0.1, 0.15) is 6.26 Å². The maximum atomic E-state index is 4.88. The molecule has 0 aromatic carbocycles. The molecule has 2 rings (SSSR count). The fraction of sp³-hybridized carbons (Fsp3) is 0.556. The van der Waals surface area contributed by atoms with E-state index in [2.05, 4.69) is 20.2 Å². The van der Waals surface area contributed by atoms with Crippen molar-refractivity contribution in [1.82, 2.24) is 15.2 Å². The van der Waals surface area contributed by atoms with Gasteiger partial charge < -0.3 is 14.6 Å². The molecule has 1 aliphatic rings. The predicted octanol–water partition coefficient (Wildman–Crippen LogP) is 0.456. The van der Waals surface area contributed by atoms with E-state index >= 15 is 0 Å². The number of rotatable bonds is 2. The first kappa shape index (κ1) is 9.05. The summed E-state index contributed by atoms with van der Waals surface area (Å²) in [7, 11) is 2.04. The Kier molecular flexibility index (Phi) is 2.67. The second kappa shape index (κ2) is 4.13. The van der Waals surface area contributed by atoms with Crippen LogP contribution in [-0.4, -0.2) is 36.0 Å². The van der Waals surface area contributed by atoms with Crippen LogP contribution in [0.25, 0.3) is 0 Å². The molecule has 0 spiro atoms. The lowest BCUT2D eigenvalue weighted by Crippen LogP contribution is -2.41. The SMILES string of the molecule is CN1CCCN=C1NCc1cocn1. The van der Waals surface area contributed by atoms with Gasteiger partial charge >= 0.3 is 0 Å². The van der Waals surface area contributed by atoms with Crippen molar-refractivity contribution >= 4 is 5.96 Å². The van der Waals surface area contributed by atoms with Crippen LogP contribution >= 0.6 is 0 Å². The first-order chi connectivity index (χ1) is 6.86. The Morgan fingerprint density at radius 1 is 1.64 bits per heavy atom. The van der Waals surface area contributed by atoms with E-state index in [1.165, 1.54) is 6.39 Å². The smallest absolute Gasteiger partial charge is 0.193 e. The van der Waals surface area contributed by atoms with E-state index in [-0.39, 0.29) is 0 Å². The average molecular weight is 194 g/mol. The zero-order valence-corrected chi connectivity index (χ0v) is 8.23. The number of hydrogen-bond acceptors (Lipinski definition) is 5. The molecule has 2 heterocycles. The highest BCUT2D eigenvalue weighted by atomic mass is 16.3. The molecule has 0 unspecified atom stereocenters. The Balaban J connectivity index is 1.88. The van der Waals surface area contributed by atoms with Gasteiger partial charge in [-0.15, -0.1) is 0 Å². The fourth-order valence-corrected chi connectivity index (χ4v) is 1.40. The van der Waals surface area contributed by atoms with Crippen molar-refractivity contribution in [2.45, 2.75) is 13.0 Å². The van der Waals surface area contributed by atoms with E-state index in [9.17, 15) is 0 Å². The van der Waals surface area contributed by atoms with E-state index < -0.39 is 0 Å². The van der Waals surface area contributed by atoms with E-state index in [0.29, 0.717) is 6.54 Å². The highest BCUT2D eigenvalue weighted by molar-refractivity contribution is 5.80. The number of guanidine groups is 1. The second-order valence-electron chi connectivity index (χ2n) is 3.31. The summed E-state index contributed by atoms with van der Waals surface area (Å²) in [6.45, 7) is 2.63. The minimum atomic E-state index is 0.666. The van der Waals surface area contributed by atoms with Crippen LogP contribution < -0.4 is 5.32 Å². The van der Waals surface area contributed by atoms with Gasteiger partial charge in [-0.25, -0.2) is 4.98 Å². The van der Waals surface area contributed by atoms with Crippen LogP contribution in [0.1, 0.15) is 12.1 Å². The minimum Gasteiger partial charge on any atom is -0.451 e. The lowest BCUT2D eigenvalue weighted by molar-refractivity contribution is 0.445. The number of oxazole rings is 1. The van der Waals surface area contributed by atoms with Crippen molar-refractivity contribution in [1.29, 1.82) is 0 Å². The van der Waals surface area contributed by atoms with Crippen molar-refractivity contribution < 1.29 is 4.42 Å². The summed E-state index contributed by atoms with van der Waals surface area (Å²) in [5.41, 5.74) is 0.895. The van der Waals surface area contributed by atoms with Crippen molar-refractivity contribution in [3.8, 4) is 0 Å². The van der Waals surface area contributed by atoms with Crippen LogP contribution in [0.4, 0.5) is 0 Å². The normalized spacial score (nSPS) is 16.6. The van der Waals surface area contributed by atoms with E-state index in [4.69, 9.17) is 4.42 Å². The Bertz CT molecular complexity index is 307. The summed E-state index contributed by atoms with van der Waals surface area (Å²) in [6, 6.07) is 0. The van der Waals surface area contributed by atoms with Gasteiger partial charge in [0.2, 0.25) is 0 Å². The van der Waals surface area contributed by atoms with Gasteiger partial charge in [0.05, 0.1) is 12.2 Å². The molecule has 5 heteroatoms. The monoisotopic (exact) mass is 194 g/mol. The third-order valence-electron chi connectivity index (χ3n) is 2.19. The summed E-state index contributed by atoms with van der Waals surface area (Å²) < 4.78 is 4.88. The molecule has 0 radical (unpaired) electrons. The molecule has 76 valence electrons. The Hall–Kier alpha value is -1.52. The van der Waals surface area contributed by atoms with Crippen molar-refractivity contribution in [2.75, 3.05) is 20.1 Å². The number of nitrogens with zero attached hydrogens (tertiary/aromatic N) is 3. The van der Waals surface area contributed by atoms with Crippen LogP contribution in [0.5, 0.6) is 0 Å². The van der Waals surface area contributed by atoms with E-state index in [1.54, 1.807) is 6.26 Å². The fourth-order valence-electron chi connectivity index (χ4n) is 1.40. The van der Waals surface area contributed by atoms with Gasteiger partial charge in [0, 0.05) is 20.1 Å². The predicted molar refractivity (Wildman–Crippen MR) is 52.9 cm³/mol. The molecule has 1 aliphatic heterocycles. The maximum Gasteiger partial charge on any atom is 0.193 e. The van der Waals surface area contributed by atoms with Crippen LogP contribution in [-0.2, 0) is 6.54 Å². The van der Waals surface area contributed by atoms with Gasteiger partial charge in [0.15, 0.2) is 12.4 Å². The van der Waals surface area contributed by atoms with Gasteiger partial charge in [-0.05, 0) is 6.42 Å². The largest absolute Gasteiger partial charge is 0.451 e. The molecule has 0 saturated carbocycles. The highest BCUT2D eigenvalue weighted by Gasteiger charge is 2.10. The van der Waals surface area contributed by atoms with Crippen molar-refractivity contribution in [3.05, 3.63) is 18.4 Å².